The summed E-state index contributed by atoms with van der Waals surface area (Å²) >= 11 is 0. The SMILES string of the molecule is CC(O)C1=CC[C@@H](C)CC1=O. The van der Waals surface area contributed by atoms with E-state index in [-0.39, 0.29) is 5.78 Å². The van der Waals surface area contributed by atoms with E-state index in [1.54, 1.807) is 6.92 Å². The number of carbonyl (C=O) groups is 1. The third kappa shape index (κ3) is 1.90. The smallest absolute Gasteiger partial charge is 0.161 e. The number of hydrogen-bond donors (Lipinski definition) is 1. The molecule has 0 fully saturated rings. The number of carbonyl (C=O) groups excluding carboxylic acids is 1. The van der Waals surface area contributed by atoms with Gasteiger partial charge in [0.15, 0.2) is 5.78 Å². The number of aliphatic hydroxyl groups excluding tert-OH is 1. The molecule has 0 bridgehead atoms. The zero-order valence-electron chi connectivity index (χ0n) is 7.00. The third-order valence-corrected chi connectivity index (χ3v) is 2.05. The molecule has 0 amide bonds. The Balaban J connectivity index is 2.73. The van der Waals surface area contributed by atoms with Crippen LogP contribution in [0.1, 0.15) is 26.7 Å². The van der Waals surface area contributed by atoms with Crippen LogP contribution in [-0.4, -0.2) is 17.0 Å². The van der Waals surface area contributed by atoms with Gasteiger partial charge in [-0.1, -0.05) is 13.0 Å². The minimum absolute atomic E-state index is 0.110. The maximum Gasteiger partial charge on any atom is 0.161 e. The highest BCUT2D eigenvalue weighted by molar-refractivity contribution is 5.97. The molecule has 0 radical (unpaired) electrons. The summed E-state index contributed by atoms with van der Waals surface area (Å²) < 4.78 is 0. The Bertz CT molecular complexity index is 192. The molecule has 2 heteroatoms. The Kier molecular flexibility index (Phi) is 2.45. The number of ketones is 1. The van der Waals surface area contributed by atoms with E-state index < -0.39 is 6.10 Å². The van der Waals surface area contributed by atoms with Gasteiger partial charge in [0.25, 0.3) is 0 Å². The summed E-state index contributed by atoms with van der Waals surface area (Å²) in [5.74, 6) is 0.559. The first-order valence-corrected chi connectivity index (χ1v) is 4.02. The molecule has 62 valence electrons. The summed E-state index contributed by atoms with van der Waals surface area (Å²) in [6, 6.07) is 0. The van der Waals surface area contributed by atoms with Gasteiger partial charge in [0.1, 0.15) is 0 Å². The third-order valence-electron chi connectivity index (χ3n) is 2.05. The Hall–Kier alpha value is -0.630. The summed E-state index contributed by atoms with van der Waals surface area (Å²) in [6.07, 6.45) is 2.79. The van der Waals surface area contributed by atoms with Gasteiger partial charge in [-0.15, -0.1) is 0 Å². The largest absolute Gasteiger partial charge is 0.389 e. The monoisotopic (exact) mass is 154 g/mol. The molecular weight excluding hydrogens is 140 g/mol. The molecule has 2 nitrogen and oxygen atoms in total. The minimum atomic E-state index is -0.588. The second kappa shape index (κ2) is 3.18. The lowest BCUT2D eigenvalue weighted by Crippen LogP contribution is -2.20. The molecule has 1 aliphatic rings. The van der Waals surface area contributed by atoms with E-state index in [1.165, 1.54) is 0 Å². The molecule has 1 N–H and O–H groups in total. The van der Waals surface area contributed by atoms with Gasteiger partial charge in [0.2, 0.25) is 0 Å². The van der Waals surface area contributed by atoms with Crippen molar-refractivity contribution >= 4 is 5.78 Å². The van der Waals surface area contributed by atoms with E-state index in [4.69, 9.17) is 5.11 Å². The maximum atomic E-state index is 11.2. The van der Waals surface area contributed by atoms with Crippen LogP contribution in [0.4, 0.5) is 0 Å². The molecule has 0 heterocycles. The van der Waals surface area contributed by atoms with Crippen molar-refractivity contribution in [1.82, 2.24) is 0 Å². The molecule has 2 atom stereocenters. The molecule has 0 aromatic rings. The summed E-state index contributed by atoms with van der Waals surface area (Å²) in [7, 11) is 0. The normalized spacial score (nSPS) is 28.1. The van der Waals surface area contributed by atoms with Gasteiger partial charge in [-0.3, -0.25) is 4.79 Å². The Labute approximate surface area is 66.9 Å². The van der Waals surface area contributed by atoms with Crippen molar-refractivity contribution < 1.29 is 9.90 Å². The molecule has 0 saturated heterocycles. The summed E-state index contributed by atoms with van der Waals surface area (Å²) in [6.45, 7) is 3.69. The highest BCUT2D eigenvalue weighted by atomic mass is 16.3. The lowest BCUT2D eigenvalue weighted by molar-refractivity contribution is -0.117. The Morgan fingerprint density at radius 3 is 2.82 bits per heavy atom. The number of allylic oxidation sites excluding steroid dienone is 1. The molecule has 0 aromatic heterocycles. The fourth-order valence-corrected chi connectivity index (χ4v) is 1.36. The van der Waals surface area contributed by atoms with E-state index >= 15 is 0 Å². The standard InChI is InChI=1S/C9H14O2/c1-6-3-4-8(7(2)10)9(11)5-6/h4,6-7,10H,3,5H2,1-2H3/t6-,7?/m1/s1. The molecule has 1 aliphatic carbocycles. The van der Waals surface area contributed by atoms with Gasteiger partial charge in [-0.2, -0.15) is 0 Å². The first kappa shape index (κ1) is 8.47. The van der Waals surface area contributed by atoms with Crippen molar-refractivity contribution in [1.29, 1.82) is 0 Å². The van der Waals surface area contributed by atoms with Crippen LogP contribution in [0, 0.1) is 5.92 Å². The fourth-order valence-electron chi connectivity index (χ4n) is 1.36. The van der Waals surface area contributed by atoms with Crippen LogP contribution in [0.2, 0.25) is 0 Å². The first-order chi connectivity index (χ1) is 5.11. The topological polar surface area (TPSA) is 37.3 Å². The second-order valence-corrected chi connectivity index (χ2v) is 3.30. The van der Waals surface area contributed by atoms with Gasteiger partial charge in [0, 0.05) is 12.0 Å². The maximum absolute atomic E-state index is 11.2. The zero-order valence-corrected chi connectivity index (χ0v) is 7.00. The van der Waals surface area contributed by atoms with Crippen molar-refractivity contribution in [3.05, 3.63) is 11.6 Å². The second-order valence-electron chi connectivity index (χ2n) is 3.30. The summed E-state index contributed by atoms with van der Waals surface area (Å²) in [5, 5.41) is 9.14. The van der Waals surface area contributed by atoms with Crippen LogP contribution in [0.5, 0.6) is 0 Å². The number of aliphatic hydroxyl groups is 1. The van der Waals surface area contributed by atoms with E-state index in [9.17, 15) is 4.79 Å². The molecular formula is C9H14O2. The molecule has 1 unspecified atom stereocenters. The van der Waals surface area contributed by atoms with Crippen molar-refractivity contribution in [3.8, 4) is 0 Å². The molecule has 0 spiro atoms. The average molecular weight is 154 g/mol. The Morgan fingerprint density at radius 2 is 2.36 bits per heavy atom. The van der Waals surface area contributed by atoms with Gasteiger partial charge in [-0.05, 0) is 19.3 Å². The van der Waals surface area contributed by atoms with E-state index in [0.717, 1.165) is 6.42 Å². The van der Waals surface area contributed by atoms with Crippen molar-refractivity contribution in [2.45, 2.75) is 32.8 Å². The molecule has 0 aromatic carbocycles. The fraction of sp³-hybridized carbons (Fsp3) is 0.667. The van der Waals surface area contributed by atoms with Crippen molar-refractivity contribution in [2.75, 3.05) is 0 Å². The van der Waals surface area contributed by atoms with Crippen LogP contribution < -0.4 is 0 Å². The van der Waals surface area contributed by atoms with Gasteiger partial charge < -0.3 is 5.11 Å². The van der Waals surface area contributed by atoms with Crippen LogP contribution in [0.25, 0.3) is 0 Å². The van der Waals surface area contributed by atoms with Crippen LogP contribution in [0.3, 0.4) is 0 Å². The Morgan fingerprint density at radius 1 is 1.73 bits per heavy atom. The summed E-state index contributed by atoms with van der Waals surface area (Å²) in [4.78, 5) is 11.2. The lowest BCUT2D eigenvalue weighted by atomic mass is 9.88. The van der Waals surface area contributed by atoms with Crippen molar-refractivity contribution in [2.24, 2.45) is 5.92 Å². The predicted octanol–water partition coefficient (Wildman–Crippen LogP) is 1.29. The highest BCUT2D eigenvalue weighted by Crippen LogP contribution is 2.21. The van der Waals surface area contributed by atoms with Gasteiger partial charge in [0.05, 0.1) is 6.10 Å². The van der Waals surface area contributed by atoms with E-state index in [1.807, 2.05) is 13.0 Å². The molecule has 0 aliphatic heterocycles. The molecule has 0 saturated carbocycles. The van der Waals surface area contributed by atoms with Crippen LogP contribution in [-0.2, 0) is 4.79 Å². The molecule has 1 rings (SSSR count). The predicted molar refractivity (Wildman–Crippen MR) is 43.2 cm³/mol. The lowest BCUT2D eigenvalue weighted by Gasteiger charge is -2.18. The first-order valence-electron chi connectivity index (χ1n) is 4.02. The number of hydrogen-bond acceptors (Lipinski definition) is 2. The van der Waals surface area contributed by atoms with Gasteiger partial charge >= 0.3 is 0 Å². The minimum Gasteiger partial charge on any atom is -0.389 e. The average Bonchev–Trinajstić information content (AvgIpc) is 1.85. The number of rotatable bonds is 1. The summed E-state index contributed by atoms with van der Waals surface area (Å²) in [5.41, 5.74) is 0.600. The van der Waals surface area contributed by atoms with E-state index in [0.29, 0.717) is 17.9 Å². The molecule has 11 heavy (non-hydrogen) atoms. The number of Topliss-reactive ketones (excluding diaryl/α,β-unsaturated/α-hetero) is 1. The highest BCUT2D eigenvalue weighted by Gasteiger charge is 2.21. The van der Waals surface area contributed by atoms with Crippen molar-refractivity contribution in [3.63, 3.8) is 0 Å². The van der Waals surface area contributed by atoms with E-state index in [2.05, 4.69) is 0 Å². The van der Waals surface area contributed by atoms with Crippen LogP contribution >= 0.6 is 0 Å². The quantitative estimate of drug-likeness (QED) is 0.618. The zero-order chi connectivity index (χ0) is 8.43. The van der Waals surface area contributed by atoms with Crippen LogP contribution in [0.15, 0.2) is 11.6 Å². The van der Waals surface area contributed by atoms with Gasteiger partial charge in [-0.25, -0.2) is 0 Å².